The highest BCUT2D eigenvalue weighted by molar-refractivity contribution is 5.83. The Morgan fingerprint density at radius 1 is 1.47 bits per heavy atom. The number of carbonyl (C=O) groups excluding carboxylic acids is 1. The summed E-state index contributed by atoms with van der Waals surface area (Å²) >= 11 is 0. The normalized spacial score (nSPS) is 22.1. The molecule has 0 bridgehead atoms. The number of ether oxygens (including phenoxy) is 1. The van der Waals surface area contributed by atoms with E-state index in [0.717, 1.165) is 45.3 Å². The number of amides is 1. The zero-order valence-electron chi connectivity index (χ0n) is 12.0. The molecule has 1 amide bonds. The maximum absolute atomic E-state index is 12.5. The van der Waals surface area contributed by atoms with E-state index in [0.29, 0.717) is 6.61 Å². The van der Waals surface area contributed by atoms with Gasteiger partial charge in [-0.25, -0.2) is 0 Å². The molecular weight excluding hydrogens is 240 g/mol. The van der Waals surface area contributed by atoms with Gasteiger partial charge in [-0.05, 0) is 32.2 Å². The van der Waals surface area contributed by atoms with Crippen LogP contribution in [0, 0.1) is 5.41 Å². The Morgan fingerprint density at radius 3 is 2.89 bits per heavy atom. The maximum Gasteiger partial charge on any atom is 0.226 e. The van der Waals surface area contributed by atoms with E-state index in [2.05, 4.69) is 16.7 Å². The molecule has 108 valence electrons. The van der Waals surface area contributed by atoms with Crippen molar-refractivity contribution in [1.29, 1.82) is 0 Å². The van der Waals surface area contributed by atoms with Crippen molar-refractivity contribution in [3.05, 3.63) is 11.6 Å². The summed E-state index contributed by atoms with van der Waals surface area (Å²) < 4.78 is 5.17. The number of hydrogen-bond acceptors (Lipinski definition) is 3. The molecule has 0 spiro atoms. The number of carbonyl (C=O) groups is 1. The first-order valence-corrected chi connectivity index (χ1v) is 7.43. The molecule has 0 saturated heterocycles. The summed E-state index contributed by atoms with van der Waals surface area (Å²) in [5.41, 5.74) is 1.19. The Labute approximate surface area is 116 Å². The van der Waals surface area contributed by atoms with E-state index in [1.807, 2.05) is 0 Å². The summed E-state index contributed by atoms with van der Waals surface area (Å²) in [5.74, 6) is 0.237. The molecule has 1 heterocycles. The minimum absolute atomic E-state index is 0.163. The molecule has 1 saturated carbocycles. The molecule has 2 N–H and O–H groups in total. The zero-order valence-corrected chi connectivity index (χ0v) is 12.0. The summed E-state index contributed by atoms with van der Waals surface area (Å²) in [7, 11) is 1.71. The highest BCUT2D eigenvalue weighted by Crippen LogP contribution is 2.41. The molecule has 0 unspecified atom stereocenters. The first kappa shape index (κ1) is 14.5. The quantitative estimate of drug-likeness (QED) is 0.718. The fourth-order valence-corrected chi connectivity index (χ4v) is 3.15. The van der Waals surface area contributed by atoms with Crippen LogP contribution >= 0.6 is 0 Å². The van der Waals surface area contributed by atoms with E-state index in [9.17, 15) is 4.79 Å². The fourth-order valence-electron chi connectivity index (χ4n) is 3.15. The molecule has 0 aromatic carbocycles. The van der Waals surface area contributed by atoms with E-state index >= 15 is 0 Å². The molecule has 0 radical (unpaired) electrons. The van der Waals surface area contributed by atoms with Crippen molar-refractivity contribution in [2.24, 2.45) is 5.41 Å². The second-order valence-electron chi connectivity index (χ2n) is 5.73. The minimum Gasteiger partial charge on any atom is -0.385 e. The van der Waals surface area contributed by atoms with Crippen LogP contribution in [0.25, 0.3) is 0 Å². The number of nitrogens with one attached hydrogen (secondary N) is 2. The molecule has 0 aromatic rings. The predicted molar refractivity (Wildman–Crippen MR) is 76.0 cm³/mol. The number of methoxy groups -OCH3 is 1. The summed E-state index contributed by atoms with van der Waals surface area (Å²) in [5, 5.41) is 6.44. The van der Waals surface area contributed by atoms with Gasteiger partial charge in [-0.3, -0.25) is 4.79 Å². The standard InChI is InChI=1S/C15H26N2O2/c1-19-11-8-15(6-2-3-7-15)14(18)17-12-13-4-9-16-10-5-13/h4,16H,2-3,5-12H2,1H3,(H,17,18). The average molecular weight is 266 g/mol. The van der Waals surface area contributed by atoms with Crippen LogP contribution in [0.1, 0.15) is 38.5 Å². The molecule has 2 aliphatic rings. The van der Waals surface area contributed by atoms with Crippen LogP contribution in [0.2, 0.25) is 0 Å². The second-order valence-corrected chi connectivity index (χ2v) is 5.73. The van der Waals surface area contributed by atoms with Crippen molar-refractivity contribution >= 4 is 5.91 Å². The van der Waals surface area contributed by atoms with Crippen LogP contribution in [0.3, 0.4) is 0 Å². The lowest BCUT2D eigenvalue weighted by Crippen LogP contribution is -2.41. The largest absolute Gasteiger partial charge is 0.385 e. The van der Waals surface area contributed by atoms with Gasteiger partial charge in [0.05, 0.1) is 5.41 Å². The lowest BCUT2D eigenvalue weighted by molar-refractivity contribution is -0.131. The van der Waals surface area contributed by atoms with E-state index < -0.39 is 0 Å². The third-order valence-corrected chi connectivity index (χ3v) is 4.46. The van der Waals surface area contributed by atoms with Gasteiger partial charge in [0, 0.05) is 26.8 Å². The van der Waals surface area contributed by atoms with E-state index in [1.54, 1.807) is 7.11 Å². The van der Waals surface area contributed by atoms with Gasteiger partial charge in [0.15, 0.2) is 0 Å². The molecule has 1 aliphatic heterocycles. The van der Waals surface area contributed by atoms with Crippen LogP contribution in [0.4, 0.5) is 0 Å². The van der Waals surface area contributed by atoms with Gasteiger partial charge < -0.3 is 15.4 Å². The molecular formula is C15H26N2O2. The topological polar surface area (TPSA) is 50.4 Å². The third-order valence-electron chi connectivity index (χ3n) is 4.46. The van der Waals surface area contributed by atoms with Crippen molar-refractivity contribution in [2.75, 3.05) is 33.4 Å². The maximum atomic E-state index is 12.5. The molecule has 4 nitrogen and oxygen atoms in total. The van der Waals surface area contributed by atoms with Gasteiger partial charge in [-0.2, -0.15) is 0 Å². The van der Waals surface area contributed by atoms with Crippen molar-refractivity contribution in [1.82, 2.24) is 10.6 Å². The monoisotopic (exact) mass is 266 g/mol. The van der Waals surface area contributed by atoms with Gasteiger partial charge >= 0.3 is 0 Å². The highest BCUT2D eigenvalue weighted by Gasteiger charge is 2.40. The Bertz CT molecular complexity index is 333. The van der Waals surface area contributed by atoms with Crippen LogP contribution < -0.4 is 10.6 Å². The molecule has 2 rings (SSSR count). The van der Waals surface area contributed by atoms with E-state index in [1.165, 1.54) is 18.4 Å². The number of rotatable bonds is 6. The second kappa shape index (κ2) is 7.06. The summed E-state index contributed by atoms with van der Waals surface area (Å²) in [6, 6.07) is 0. The van der Waals surface area contributed by atoms with Crippen molar-refractivity contribution in [3.63, 3.8) is 0 Å². The average Bonchev–Trinajstić information content (AvgIpc) is 2.94. The Balaban J connectivity index is 1.86. The van der Waals surface area contributed by atoms with Crippen LogP contribution in [-0.4, -0.2) is 39.3 Å². The van der Waals surface area contributed by atoms with Gasteiger partial charge in [-0.15, -0.1) is 0 Å². The first-order chi connectivity index (χ1) is 9.27. The van der Waals surface area contributed by atoms with Crippen molar-refractivity contribution < 1.29 is 9.53 Å². The third kappa shape index (κ3) is 3.80. The van der Waals surface area contributed by atoms with Crippen LogP contribution in [0.5, 0.6) is 0 Å². The highest BCUT2D eigenvalue weighted by atomic mass is 16.5. The Kier molecular flexibility index (Phi) is 5.40. The molecule has 0 aromatic heterocycles. The van der Waals surface area contributed by atoms with Crippen LogP contribution in [0.15, 0.2) is 11.6 Å². The molecule has 0 atom stereocenters. The van der Waals surface area contributed by atoms with E-state index in [4.69, 9.17) is 4.74 Å². The summed E-state index contributed by atoms with van der Waals surface area (Å²) in [6.45, 7) is 3.35. The Morgan fingerprint density at radius 2 is 2.26 bits per heavy atom. The van der Waals surface area contributed by atoms with Gasteiger partial charge in [0.1, 0.15) is 0 Å². The molecule has 19 heavy (non-hydrogen) atoms. The first-order valence-electron chi connectivity index (χ1n) is 7.43. The van der Waals surface area contributed by atoms with Crippen molar-refractivity contribution in [2.45, 2.75) is 38.5 Å². The molecule has 1 fully saturated rings. The van der Waals surface area contributed by atoms with Crippen molar-refractivity contribution in [3.8, 4) is 0 Å². The van der Waals surface area contributed by atoms with Crippen LogP contribution in [-0.2, 0) is 9.53 Å². The SMILES string of the molecule is COCCC1(C(=O)NCC2=CCNCC2)CCCC1. The Hall–Kier alpha value is -0.870. The summed E-state index contributed by atoms with van der Waals surface area (Å²) in [6.07, 6.45) is 8.47. The zero-order chi connectivity index (χ0) is 13.6. The predicted octanol–water partition coefficient (Wildman–Crippen LogP) is 1.62. The van der Waals surface area contributed by atoms with Gasteiger partial charge in [0.25, 0.3) is 0 Å². The smallest absolute Gasteiger partial charge is 0.226 e. The fraction of sp³-hybridized carbons (Fsp3) is 0.800. The molecule has 4 heteroatoms. The number of hydrogen-bond donors (Lipinski definition) is 2. The minimum atomic E-state index is -0.163. The molecule has 1 aliphatic carbocycles. The summed E-state index contributed by atoms with van der Waals surface area (Å²) in [4.78, 5) is 12.5. The van der Waals surface area contributed by atoms with Gasteiger partial charge in [0.2, 0.25) is 5.91 Å². The lowest BCUT2D eigenvalue weighted by atomic mass is 9.82. The van der Waals surface area contributed by atoms with E-state index in [-0.39, 0.29) is 11.3 Å². The lowest BCUT2D eigenvalue weighted by Gasteiger charge is -2.28. The van der Waals surface area contributed by atoms with Gasteiger partial charge in [-0.1, -0.05) is 24.5 Å².